The number of carbonyl (C=O) groups is 1. The van der Waals surface area contributed by atoms with Crippen molar-refractivity contribution < 1.29 is 9.32 Å². The van der Waals surface area contributed by atoms with E-state index in [0.29, 0.717) is 31.3 Å². The fourth-order valence-corrected chi connectivity index (χ4v) is 3.28. The van der Waals surface area contributed by atoms with E-state index in [2.05, 4.69) is 15.5 Å². The summed E-state index contributed by atoms with van der Waals surface area (Å²) in [4.78, 5) is 29.1. The molecule has 3 aromatic heterocycles. The first-order valence-electron chi connectivity index (χ1n) is 7.67. The number of hydrogen-bond donors (Lipinski definition) is 1. The Labute approximate surface area is 142 Å². The van der Waals surface area contributed by atoms with Gasteiger partial charge in [0.1, 0.15) is 10.6 Å². The predicted octanol–water partition coefficient (Wildman–Crippen LogP) is 1.81. The number of carbonyl (C=O) groups excluding carboxylic acids is 1. The number of aryl methyl sites for hydroxylation is 2. The Morgan fingerprint density at radius 1 is 1.42 bits per heavy atom. The van der Waals surface area contributed by atoms with E-state index >= 15 is 0 Å². The first-order chi connectivity index (χ1) is 11.6. The fraction of sp³-hybridized carbons (Fsp3) is 0.375. The molecule has 3 aromatic rings. The molecule has 0 saturated carbocycles. The third-order valence-corrected chi connectivity index (χ3v) is 4.73. The van der Waals surface area contributed by atoms with Gasteiger partial charge in [-0.2, -0.15) is 0 Å². The maximum atomic E-state index is 12.2. The van der Waals surface area contributed by atoms with Gasteiger partial charge in [-0.1, -0.05) is 5.16 Å². The molecule has 24 heavy (non-hydrogen) atoms. The van der Waals surface area contributed by atoms with E-state index in [1.165, 1.54) is 22.2 Å². The van der Waals surface area contributed by atoms with E-state index in [4.69, 9.17) is 4.52 Å². The topological polar surface area (TPSA) is 90.0 Å². The van der Waals surface area contributed by atoms with Crippen LogP contribution in [-0.2, 0) is 17.8 Å². The average molecular weight is 346 g/mol. The number of fused-ring (bicyclic) bond motifs is 1. The number of nitrogens with zero attached hydrogens (tertiary/aromatic N) is 3. The Bertz CT molecular complexity index is 905. The van der Waals surface area contributed by atoms with Crippen LogP contribution in [0.2, 0.25) is 0 Å². The summed E-state index contributed by atoms with van der Waals surface area (Å²) >= 11 is 1.44. The van der Waals surface area contributed by atoms with Crippen molar-refractivity contribution in [2.75, 3.05) is 6.54 Å². The lowest BCUT2D eigenvalue weighted by atomic mass is 10.1. The molecule has 0 aliphatic heterocycles. The summed E-state index contributed by atoms with van der Waals surface area (Å²) < 4.78 is 6.60. The van der Waals surface area contributed by atoms with Crippen molar-refractivity contribution in [3.05, 3.63) is 45.1 Å². The largest absolute Gasteiger partial charge is 0.361 e. The van der Waals surface area contributed by atoms with Crippen LogP contribution in [0.5, 0.6) is 0 Å². The van der Waals surface area contributed by atoms with Gasteiger partial charge in [0.15, 0.2) is 0 Å². The standard InChI is InChI=1S/C16H18N4O3S/c1-10-12(11(2)23-19-10)3-4-14(21)17-6-7-20-9-18-15-13(16(20)22)5-8-24-15/h5,8-9H,3-4,6-7H2,1-2H3,(H,17,21). The third-order valence-electron chi connectivity index (χ3n) is 3.91. The summed E-state index contributed by atoms with van der Waals surface area (Å²) in [7, 11) is 0. The monoisotopic (exact) mass is 346 g/mol. The van der Waals surface area contributed by atoms with Crippen LogP contribution in [-0.4, -0.2) is 27.2 Å². The molecule has 0 atom stereocenters. The molecule has 0 fully saturated rings. The van der Waals surface area contributed by atoms with E-state index in [0.717, 1.165) is 21.8 Å². The highest BCUT2D eigenvalue weighted by atomic mass is 32.1. The van der Waals surface area contributed by atoms with Crippen LogP contribution in [0.25, 0.3) is 10.2 Å². The van der Waals surface area contributed by atoms with E-state index in [-0.39, 0.29) is 11.5 Å². The molecule has 0 bridgehead atoms. The zero-order valence-electron chi connectivity index (χ0n) is 13.5. The zero-order valence-corrected chi connectivity index (χ0v) is 14.4. The van der Waals surface area contributed by atoms with Gasteiger partial charge in [-0.05, 0) is 31.7 Å². The predicted molar refractivity (Wildman–Crippen MR) is 91.2 cm³/mol. The second-order valence-electron chi connectivity index (χ2n) is 5.54. The molecule has 3 heterocycles. The summed E-state index contributed by atoms with van der Waals surface area (Å²) in [6.45, 7) is 4.49. The molecular formula is C16H18N4O3S. The number of nitrogens with one attached hydrogen (secondary N) is 1. The first-order valence-corrected chi connectivity index (χ1v) is 8.55. The molecule has 0 aliphatic carbocycles. The lowest BCUT2D eigenvalue weighted by Gasteiger charge is -2.07. The molecule has 0 spiro atoms. The van der Waals surface area contributed by atoms with Crippen LogP contribution < -0.4 is 10.9 Å². The Balaban J connectivity index is 1.51. The van der Waals surface area contributed by atoms with E-state index in [1.807, 2.05) is 19.2 Å². The molecule has 1 N–H and O–H groups in total. The molecule has 0 aliphatic rings. The van der Waals surface area contributed by atoms with Crippen molar-refractivity contribution in [1.82, 2.24) is 20.0 Å². The molecule has 126 valence electrons. The van der Waals surface area contributed by atoms with Gasteiger partial charge >= 0.3 is 0 Å². The van der Waals surface area contributed by atoms with Gasteiger partial charge in [0.25, 0.3) is 5.56 Å². The summed E-state index contributed by atoms with van der Waals surface area (Å²) in [5.41, 5.74) is 1.72. The van der Waals surface area contributed by atoms with Crippen molar-refractivity contribution in [3.8, 4) is 0 Å². The maximum absolute atomic E-state index is 12.2. The molecule has 0 aromatic carbocycles. The van der Waals surface area contributed by atoms with Crippen LogP contribution >= 0.6 is 11.3 Å². The van der Waals surface area contributed by atoms with Crippen LogP contribution in [0.15, 0.2) is 27.1 Å². The lowest BCUT2D eigenvalue weighted by Crippen LogP contribution is -2.31. The van der Waals surface area contributed by atoms with Gasteiger partial charge in [0.05, 0.1) is 17.4 Å². The average Bonchev–Trinajstić information content (AvgIpc) is 3.15. The van der Waals surface area contributed by atoms with E-state index in [1.54, 1.807) is 6.07 Å². The van der Waals surface area contributed by atoms with Gasteiger partial charge in [-0.15, -0.1) is 11.3 Å². The maximum Gasteiger partial charge on any atom is 0.262 e. The molecule has 0 unspecified atom stereocenters. The molecule has 3 rings (SSSR count). The van der Waals surface area contributed by atoms with Gasteiger partial charge in [-0.25, -0.2) is 4.98 Å². The highest BCUT2D eigenvalue weighted by Gasteiger charge is 2.11. The summed E-state index contributed by atoms with van der Waals surface area (Å²) in [6.07, 6.45) is 2.48. The Morgan fingerprint density at radius 2 is 2.25 bits per heavy atom. The van der Waals surface area contributed by atoms with Crippen LogP contribution in [0.1, 0.15) is 23.4 Å². The summed E-state index contributed by atoms with van der Waals surface area (Å²) in [5, 5.41) is 9.17. The summed E-state index contributed by atoms with van der Waals surface area (Å²) in [5.74, 6) is 0.689. The quantitative estimate of drug-likeness (QED) is 0.735. The highest BCUT2D eigenvalue weighted by molar-refractivity contribution is 7.16. The van der Waals surface area contributed by atoms with Crippen molar-refractivity contribution in [2.45, 2.75) is 33.2 Å². The Hall–Kier alpha value is -2.48. The van der Waals surface area contributed by atoms with Crippen molar-refractivity contribution in [3.63, 3.8) is 0 Å². The van der Waals surface area contributed by atoms with Crippen LogP contribution in [0.4, 0.5) is 0 Å². The normalized spacial score (nSPS) is 11.1. The van der Waals surface area contributed by atoms with Crippen molar-refractivity contribution in [2.24, 2.45) is 0 Å². The van der Waals surface area contributed by atoms with Crippen LogP contribution in [0, 0.1) is 13.8 Å². The number of thiophene rings is 1. The van der Waals surface area contributed by atoms with Gasteiger partial charge in [-0.3, -0.25) is 14.2 Å². The minimum absolute atomic E-state index is 0.0624. The van der Waals surface area contributed by atoms with Gasteiger partial charge < -0.3 is 9.84 Å². The Morgan fingerprint density at radius 3 is 3.00 bits per heavy atom. The molecule has 0 saturated heterocycles. The fourth-order valence-electron chi connectivity index (χ4n) is 2.55. The number of aromatic nitrogens is 3. The lowest BCUT2D eigenvalue weighted by molar-refractivity contribution is -0.121. The van der Waals surface area contributed by atoms with Gasteiger partial charge in [0, 0.05) is 25.1 Å². The molecular weight excluding hydrogens is 328 g/mol. The second kappa shape index (κ2) is 6.96. The molecule has 0 radical (unpaired) electrons. The number of amides is 1. The minimum atomic E-state index is -0.0776. The van der Waals surface area contributed by atoms with Gasteiger partial charge in [0.2, 0.25) is 5.91 Å². The number of hydrogen-bond acceptors (Lipinski definition) is 6. The summed E-state index contributed by atoms with van der Waals surface area (Å²) in [6, 6.07) is 1.77. The zero-order chi connectivity index (χ0) is 17.1. The minimum Gasteiger partial charge on any atom is -0.361 e. The van der Waals surface area contributed by atoms with Crippen LogP contribution in [0.3, 0.4) is 0 Å². The molecule has 1 amide bonds. The van der Waals surface area contributed by atoms with Crippen molar-refractivity contribution in [1.29, 1.82) is 0 Å². The smallest absolute Gasteiger partial charge is 0.262 e. The van der Waals surface area contributed by atoms with Crippen molar-refractivity contribution >= 4 is 27.5 Å². The van der Waals surface area contributed by atoms with E-state index in [9.17, 15) is 9.59 Å². The first kappa shape index (κ1) is 16.4. The van der Waals surface area contributed by atoms with E-state index < -0.39 is 0 Å². The highest BCUT2D eigenvalue weighted by Crippen LogP contribution is 2.14. The SMILES string of the molecule is Cc1noc(C)c1CCC(=O)NCCn1cnc2sccc2c1=O. The molecule has 7 nitrogen and oxygen atoms in total. The number of rotatable bonds is 6. The second-order valence-corrected chi connectivity index (χ2v) is 6.43. The third kappa shape index (κ3) is 3.38. The molecule has 8 heteroatoms. The Kier molecular flexibility index (Phi) is 4.75.